The number of aliphatic hydroxyl groups is 1. The van der Waals surface area contributed by atoms with Gasteiger partial charge in [-0.3, -0.25) is 4.79 Å². The maximum Gasteiger partial charge on any atom is 0.266 e. The Kier molecular flexibility index (Phi) is 6.80. The first kappa shape index (κ1) is 18.7. The van der Waals surface area contributed by atoms with Gasteiger partial charge >= 0.3 is 0 Å². The minimum atomic E-state index is -0.593. The lowest BCUT2D eigenvalue weighted by atomic mass is 10.1. The summed E-state index contributed by atoms with van der Waals surface area (Å²) in [6, 6.07) is 11.6. The second-order valence-corrected chi connectivity index (χ2v) is 6.37. The highest BCUT2D eigenvalue weighted by Gasteiger charge is 2.22. The molecule has 5 heteroatoms. The monoisotopic (exact) mass is 315 g/mol. The van der Waals surface area contributed by atoms with E-state index in [9.17, 15) is 15.2 Å². The summed E-state index contributed by atoms with van der Waals surface area (Å²) in [4.78, 5) is 14.3. The molecule has 1 rings (SSSR count). The van der Waals surface area contributed by atoms with Crippen LogP contribution in [-0.4, -0.2) is 34.1 Å². The fourth-order valence-electron chi connectivity index (χ4n) is 1.88. The second-order valence-electron chi connectivity index (χ2n) is 6.37. The first-order valence-corrected chi connectivity index (χ1v) is 7.64. The third-order valence-corrected chi connectivity index (χ3v) is 3.43. The maximum absolute atomic E-state index is 12.7. The first-order chi connectivity index (χ1) is 10.8. The number of hydrogen-bond donors (Lipinski definition) is 2. The van der Waals surface area contributed by atoms with Gasteiger partial charge in [-0.2, -0.15) is 5.26 Å². The van der Waals surface area contributed by atoms with Gasteiger partial charge in [0.25, 0.3) is 5.91 Å². The molecule has 0 atom stereocenters. The number of benzene rings is 1. The van der Waals surface area contributed by atoms with Gasteiger partial charge in [0.15, 0.2) is 0 Å². The maximum atomic E-state index is 12.7. The summed E-state index contributed by atoms with van der Waals surface area (Å²) in [5, 5.41) is 21.5. The van der Waals surface area contributed by atoms with Crippen molar-refractivity contribution in [2.45, 2.75) is 45.8 Å². The molecule has 0 radical (unpaired) electrons. The van der Waals surface area contributed by atoms with Gasteiger partial charge in [-0.05, 0) is 33.3 Å². The molecule has 2 N–H and O–H groups in total. The molecule has 0 aliphatic rings. The van der Waals surface area contributed by atoms with E-state index in [1.807, 2.05) is 50.2 Å². The zero-order valence-electron chi connectivity index (χ0n) is 14.2. The smallest absolute Gasteiger partial charge is 0.266 e. The number of rotatable bonds is 7. The molecule has 0 saturated heterocycles. The average molecular weight is 315 g/mol. The molecule has 23 heavy (non-hydrogen) atoms. The molecule has 0 aromatic heterocycles. The van der Waals surface area contributed by atoms with Crippen molar-refractivity contribution < 1.29 is 9.90 Å². The molecule has 0 unspecified atom stereocenters. The Bertz CT molecular complexity index is 586. The summed E-state index contributed by atoms with van der Waals surface area (Å²) in [5.74, 6) is -0.326. The Morgan fingerprint density at radius 1 is 1.39 bits per heavy atom. The summed E-state index contributed by atoms with van der Waals surface area (Å²) in [6.07, 6.45) is 1.39. The third kappa shape index (κ3) is 5.76. The highest BCUT2D eigenvalue weighted by Crippen LogP contribution is 2.12. The van der Waals surface area contributed by atoms with Crippen molar-refractivity contribution in [2.24, 2.45) is 0 Å². The van der Waals surface area contributed by atoms with E-state index in [0.717, 1.165) is 5.56 Å². The molecular formula is C18H25N3O2. The summed E-state index contributed by atoms with van der Waals surface area (Å²) in [7, 11) is 0. The molecule has 0 fully saturated rings. The number of hydrogen-bond acceptors (Lipinski definition) is 4. The quantitative estimate of drug-likeness (QED) is 0.597. The normalized spacial score (nSPS) is 12.0. The molecule has 1 aromatic carbocycles. The summed E-state index contributed by atoms with van der Waals surface area (Å²) in [5.41, 5.74) is 0.441. The molecule has 1 aromatic rings. The lowest BCUT2D eigenvalue weighted by Crippen LogP contribution is -2.41. The first-order valence-electron chi connectivity index (χ1n) is 7.64. The van der Waals surface area contributed by atoms with Gasteiger partial charge < -0.3 is 15.3 Å². The Balaban J connectivity index is 2.95. The Hall–Kier alpha value is -2.32. The molecule has 124 valence electrons. The lowest BCUT2D eigenvalue weighted by Gasteiger charge is -2.27. The van der Waals surface area contributed by atoms with Crippen molar-refractivity contribution in [1.29, 1.82) is 5.26 Å². The molecular weight excluding hydrogens is 290 g/mol. The van der Waals surface area contributed by atoms with Crippen molar-refractivity contribution in [1.82, 2.24) is 10.2 Å². The standard InChI is InChI=1S/C18H25N3O2/c1-14(2)21(12-15-8-6-5-7-9-15)17(23)16(10-19)11-20-18(3,4)13-22/h5-9,11,14,20,22H,12-13H2,1-4H3/b16-11-. The average Bonchev–Trinajstić information content (AvgIpc) is 2.53. The fourth-order valence-corrected chi connectivity index (χ4v) is 1.88. The van der Waals surface area contributed by atoms with Crippen LogP contribution in [0.1, 0.15) is 33.3 Å². The summed E-state index contributed by atoms with van der Waals surface area (Å²) >= 11 is 0. The van der Waals surface area contributed by atoms with Crippen LogP contribution in [-0.2, 0) is 11.3 Å². The van der Waals surface area contributed by atoms with Crippen LogP contribution in [0.3, 0.4) is 0 Å². The van der Waals surface area contributed by atoms with E-state index >= 15 is 0 Å². The Morgan fingerprint density at radius 3 is 2.48 bits per heavy atom. The largest absolute Gasteiger partial charge is 0.394 e. The number of amides is 1. The van der Waals surface area contributed by atoms with Crippen LogP contribution in [0.4, 0.5) is 0 Å². The predicted molar refractivity (Wildman–Crippen MR) is 90.1 cm³/mol. The van der Waals surface area contributed by atoms with Gasteiger partial charge in [0.1, 0.15) is 11.6 Å². The van der Waals surface area contributed by atoms with Crippen LogP contribution in [0, 0.1) is 11.3 Å². The van der Waals surface area contributed by atoms with E-state index in [1.54, 1.807) is 18.7 Å². The topological polar surface area (TPSA) is 76.4 Å². The van der Waals surface area contributed by atoms with Gasteiger partial charge in [0.05, 0.1) is 12.1 Å². The zero-order valence-corrected chi connectivity index (χ0v) is 14.2. The Labute approximate surface area is 138 Å². The zero-order chi connectivity index (χ0) is 17.5. The molecule has 0 saturated carbocycles. The van der Waals surface area contributed by atoms with Crippen LogP contribution in [0.2, 0.25) is 0 Å². The van der Waals surface area contributed by atoms with E-state index in [4.69, 9.17) is 0 Å². The number of aliphatic hydroxyl groups excluding tert-OH is 1. The van der Waals surface area contributed by atoms with Crippen LogP contribution in [0.15, 0.2) is 42.1 Å². The number of nitrogens with one attached hydrogen (secondary N) is 1. The van der Waals surface area contributed by atoms with Gasteiger partial charge in [-0.1, -0.05) is 30.3 Å². The molecule has 0 aliphatic heterocycles. The molecule has 0 heterocycles. The van der Waals surface area contributed by atoms with E-state index in [1.165, 1.54) is 6.20 Å². The van der Waals surface area contributed by atoms with Crippen LogP contribution >= 0.6 is 0 Å². The fraction of sp³-hybridized carbons (Fsp3) is 0.444. The number of nitriles is 1. The molecule has 0 spiro atoms. The van der Waals surface area contributed by atoms with Crippen LogP contribution in [0.25, 0.3) is 0 Å². The molecule has 1 amide bonds. The molecule has 0 bridgehead atoms. The predicted octanol–water partition coefficient (Wildman–Crippen LogP) is 2.19. The minimum Gasteiger partial charge on any atom is -0.394 e. The minimum absolute atomic E-state index is 0.0242. The van der Waals surface area contributed by atoms with Gasteiger partial charge in [-0.25, -0.2) is 0 Å². The van der Waals surface area contributed by atoms with E-state index in [0.29, 0.717) is 6.54 Å². The van der Waals surface area contributed by atoms with Gasteiger partial charge in [0, 0.05) is 18.8 Å². The third-order valence-electron chi connectivity index (χ3n) is 3.43. The summed E-state index contributed by atoms with van der Waals surface area (Å²) in [6.45, 7) is 7.75. The number of carbonyl (C=O) groups is 1. The molecule has 0 aliphatic carbocycles. The Morgan fingerprint density at radius 2 is 2.00 bits per heavy atom. The SMILES string of the molecule is CC(C)N(Cc1ccccc1)C(=O)/C(C#N)=C\NC(C)(C)CO. The van der Waals surface area contributed by atoms with Gasteiger partial charge in [-0.15, -0.1) is 0 Å². The van der Waals surface area contributed by atoms with Crippen molar-refractivity contribution in [3.8, 4) is 6.07 Å². The van der Waals surface area contributed by atoms with E-state index in [2.05, 4.69) is 5.32 Å². The lowest BCUT2D eigenvalue weighted by molar-refractivity contribution is -0.129. The van der Waals surface area contributed by atoms with Crippen molar-refractivity contribution >= 4 is 5.91 Å². The van der Waals surface area contributed by atoms with Crippen molar-refractivity contribution in [3.63, 3.8) is 0 Å². The van der Waals surface area contributed by atoms with Crippen LogP contribution < -0.4 is 5.32 Å². The highest BCUT2D eigenvalue weighted by atomic mass is 16.3. The van der Waals surface area contributed by atoms with Gasteiger partial charge in [0.2, 0.25) is 0 Å². The second kappa shape index (κ2) is 8.35. The number of carbonyl (C=O) groups excluding carboxylic acids is 1. The highest BCUT2D eigenvalue weighted by molar-refractivity contribution is 5.97. The van der Waals surface area contributed by atoms with E-state index in [-0.39, 0.29) is 24.1 Å². The van der Waals surface area contributed by atoms with Crippen molar-refractivity contribution in [2.75, 3.05) is 6.61 Å². The number of nitrogens with zero attached hydrogens (tertiary/aromatic N) is 2. The summed E-state index contributed by atoms with van der Waals surface area (Å²) < 4.78 is 0. The molecule has 5 nitrogen and oxygen atoms in total. The van der Waals surface area contributed by atoms with Crippen molar-refractivity contribution in [3.05, 3.63) is 47.7 Å². The van der Waals surface area contributed by atoms with E-state index < -0.39 is 5.54 Å². The van der Waals surface area contributed by atoms with Crippen LogP contribution in [0.5, 0.6) is 0 Å².